The highest BCUT2D eigenvalue weighted by atomic mass is 16.5. The van der Waals surface area contributed by atoms with Crippen LogP contribution >= 0.6 is 0 Å². The predicted octanol–water partition coefficient (Wildman–Crippen LogP) is 2.54. The van der Waals surface area contributed by atoms with E-state index in [1.807, 2.05) is 37.7 Å². The Morgan fingerprint density at radius 2 is 2.11 bits per heavy atom. The van der Waals surface area contributed by atoms with E-state index in [1.165, 1.54) is 0 Å². The van der Waals surface area contributed by atoms with Crippen molar-refractivity contribution in [2.45, 2.75) is 65.1 Å². The SMILES string of the molecule is CCOC(C)(C)C(N)Cc1ccn(C(C)CC)n1. The molecule has 0 aromatic carbocycles. The molecule has 0 aliphatic heterocycles. The Kier molecular flexibility index (Phi) is 5.35. The molecule has 0 radical (unpaired) electrons. The smallest absolute Gasteiger partial charge is 0.0780 e. The Hall–Kier alpha value is -0.870. The first-order valence-corrected chi connectivity index (χ1v) is 6.84. The molecule has 1 aromatic rings. The molecule has 2 unspecified atom stereocenters. The molecule has 0 saturated carbocycles. The van der Waals surface area contributed by atoms with Crippen LogP contribution in [0.3, 0.4) is 0 Å². The summed E-state index contributed by atoms with van der Waals surface area (Å²) in [6.07, 6.45) is 3.86. The van der Waals surface area contributed by atoms with Gasteiger partial charge in [-0.1, -0.05) is 6.92 Å². The minimum absolute atomic E-state index is 0.0438. The van der Waals surface area contributed by atoms with Gasteiger partial charge in [0.1, 0.15) is 0 Å². The van der Waals surface area contributed by atoms with E-state index in [0.29, 0.717) is 12.6 Å². The largest absolute Gasteiger partial charge is 0.374 e. The van der Waals surface area contributed by atoms with Crippen LogP contribution in [-0.2, 0) is 11.2 Å². The van der Waals surface area contributed by atoms with E-state index < -0.39 is 0 Å². The minimum atomic E-state index is -0.311. The third-order valence-corrected chi connectivity index (χ3v) is 3.54. The van der Waals surface area contributed by atoms with Gasteiger partial charge in [-0.05, 0) is 40.2 Å². The van der Waals surface area contributed by atoms with Crippen LogP contribution in [-0.4, -0.2) is 28.0 Å². The number of hydrogen-bond acceptors (Lipinski definition) is 3. The van der Waals surface area contributed by atoms with Crippen molar-refractivity contribution in [3.63, 3.8) is 0 Å². The van der Waals surface area contributed by atoms with Crippen LogP contribution in [0.25, 0.3) is 0 Å². The molecule has 0 amide bonds. The first kappa shape index (κ1) is 15.2. The molecule has 0 aliphatic carbocycles. The molecule has 2 N–H and O–H groups in total. The van der Waals surface area contributed by atoms with Crippen LogP contribution < -0.4 is 5.73 Å². The lowest BCUT2D eigenvalue weighted by Crippen LogP contribution is -2.46. The average molecular weight is 253 g/mol. The van der Waals surface area contributed by atoms with Crippen LogP contribution in [0, 0.1) is 0 Å². The van der Waals surface area contributed by atoms with Gasteiger partial charge in [0.2, 0.25) is 0 Å². The second-order valence-corrected chi connectivity index (χ2v) is 5.39. The summed E-state index contributed by atoms with van der Waals surface area (Å²) in [5, 5.41) is 4.58. The van der Waals surface area contributed by atoms with Crippen molar-refractivity contribution in [2.24, 2.45) is 5.73 Å². The Morgan fingerprint density at radius 3 is 2.67 bits per heavy atom. The second kappa shape index (κ2) is 6.34. The van der Waals surface area contributed by atoms with Gasteiger partial charge in [-0.2, -0.15) is 5.10 Å². The molecule has 1 aromatic heterocycles. The highest BCUT2D eigenvalue weighted by Gasteiger charge is 2.27. The molecular formula is C14H27N3O. The number of aromatic nitrogens is 2. The normalized spacial score (nSPS) is 15.7. The van der Waals surface area contributed by atoms with Gasteiger partial charge in [-0.25, -0.2) is 0 Å². The van der Waals surface area contributed by atoms with Crippen molar-refractivity contribution < 1.29 is 4.74 Å². The highest BCUT2D eigenvalue weighted by molar-refractivity contribution is 5.04. The molecule has 0 saturated heterocycles. The topological polar surface area (TPSA) is 53.1 Å². The maximum Gasteiger partial charge on any atom is 0.0780 e. The second-order valence-electron chi connectivity index (χ2n) is 5.39. The fraction of sp³-hybridized carbons (Fsp3) is 0.786. The third kappa shape index (κ3) is 3.82. The minimum Gasteiger partial charge on any atom is -0.374 e. The van der Waals surface area contributed by atoms with Gasteiger partial charge in [0, 0.05) is 31.3 Å². The standard InChI is InChI=1S/C14H27N3O/c1-6-11(3)17-9-8-12(16-17)10-13(15)14(4,5)18-7-2/h8-9,11,13H,6-7,10,15H2,1-5H3. The van der Waals surface area contributed by atoms with Crippen LogP contribution in [0.1, 0.15) is 52.8 Å². The molecule has 4 heteroatoms. The van der Waals surface area contributed by atoms with Crippen LogP contribution in [0.2, 0.25) is 0 Å². The van der Waals surface area contributed by atoms with E-state index in [4.69, 9.17) is 10.5 Å². The van der Waals surface area contributed by atoms with E-state index in [0.717, 1.165) is 18.5 Å². The summed E-state index contributed by atoms with van der Waals surface area (Å²) in [6.45, 7) is 11.1. The van der Waals surface area contributed by atoms with Crippen molar-refractivity contribution in [3.8, 4) is 0 Å². The number of nitrogens with zero attached hydrogens (tertiary/aromatic N) is 2. The van der Waals surface area contributed by atoms with E-state index in [2.05, 4.69) is 18.9 Å². The zero-order chi connectivity index (χ0) is 13.8. The maximum absolute atomic E-state index is 6.21. The summed E-state index contributed by atoms with van der Waals surface area (Å²) in [5.74, 6) is 0. The molecule has 4 nitrogen and oxygen atoms in total. The molecule has 1 heterocycles. The molecule has 104 valence electrons. The maximum atomic E-state index is 6.21. The third-order valence-electron chi connectivity index (χ3n) is 3.54. The zero-order valence-electron chi connectivity index (χ0n) is 12.3. The number of rotatable bonds is 7. The summed E-state index contributed by atoms with van der Waals surface area (Å²) in [6, 6.07) is 2.45. The predicted molar refractivity (Wildman–Crippen MR) is 74.6 cm³/mol. The van der Waals surface area contributed by atoms with Gasteiger partial charge < -0.3 is 10.5 Å². The molecule has 0 aliphatic rings. The van der Waals surface area contributed by atoms with Gasteiger partial charge >= 0.3 is 0 Å². The molecule has 0 fully saturated rings. The summed E-state index contributed by atoms with van der Waals surface area (Å²) in [4.78, 5) is 0. The highest BCUT2D eigenvalue weighted by Crippen LogP contribution is 2.17. The Bertz CT molecular complexity index is 360. The Balaban J connectivity index is 2.64. The summed E-state index contributed by atoms with van der Waals surface area (Å²) >= 11 is 0. The first-order valence-electron chi connectivity index (χ1n) is 6.84. The molecule has 0 bridgehead atoms. The van der Waals surface area contributed by atoms with E-state index in [-0.39, 0.29) is 11.6 Å². The van der Waals surface area contributed by atoms with E-state index in [9.17, 15) is 0 Å². The van der Waals surface area contributed by atoms with Crippen molar-refractivity contribution in [2.75, 3.05) is 6.61 Å². The summed E-state index contributed by atoms with van der Waals surface area (Å²) in [5.41, 5.74) is 6.94. The zero-order valence-corrected chi connectivity index (χ0v) is 12.3. The molecular weight excluding hydrogens is 226 g/mol. The lowest BCUT2D eigenvalue weighted by atomic mass is 9.95. The summed E-state index contributed by atoms with van der Waals surface area (Å²) < 4.78 is 7.69. The molecule has 2 atom stereocenters. The lowest BCUT2D eigenvalue weighted by molar-refractivity contribution is -0.0290. The first-order chi connectivity index (χ1) is 8.40. The molecule has 18 heavy (non-hydrogen) atoms. The number of hydrogen-bond donors (Lipinski definition) is 1. The van der Waals surface area contributed by atoms with Gasteiger partial charge in [0.25, 0.3) is 0 Å². The Labute approximate surface area is 111 Å². The monoisotopic (exact) mass is 253 g/mol. The average Bonchev–Trinajstić information content (AvgIpc) is 2.76. The molecule has 1 rings (SSSR count). The number of nitrogens with two attached hydrogens (primary N) is 1. The Morgan fingerprint density at radius 1 is 1.44 bits per heavy atom. The van der Waals surface area contributed by atoms with Gasteiger partial charge in [0.15, 0.2) is 0 Å². The van der Waals surface area contributed by atoms with Crippen LogP contribution in [0.15, 0.2) is 12.3 Å². The van der Waals surface area contributed by atoms with Gasteiger partial charge in [-0.3, -0.25) is 4.68 Å². The van der Waals surface area contributed by atoms with E-state index in [1.54, 1.807) is 0 Å². The van der Waals surface area contributed by atoms with Gasteiger partial charge in [0.05, 0.1) is 11.3 Å². The van der Waals surface area contributed by atoms with Crippen LogP contribution in [0.4, 0.5) is 0 Å². The van der Waals surface area contributed by atoms with Crippen LogP contribution in [0.5, 0.6) is 0 Å². The van der Waals surface area contributed by atoms with Crippen molar-refractivity contribution in [1.29, 1.82) is 0 Å². The van der Waals surface area contributed by atoms with E-state index >= 15 is 0 Å². The van der Waals surface area contributed by atoms with Gasteiger partial charge in [-0.15, -0.1) is 0 Å². The quantitative estimate of drug-likeness (QED) is 0.812. The van der Waals surface area contributed by atoms with Crippen molar-refractivity contribution >= 4 is 0 Å². The summed E-state index contributed by atoms with van der Waals surface area (Å²) in [7, 11) is 0. The fourth-order valence-corrected chi connectivity index (χ4v) is 1.87. The lowest BCUT2D eigenvalue weighted by Gasteiger charge is -2.31. The van der Waals surface area contributed by atoms with Crippen molar-refractivity contribution in [1.82, 2.24) is 9.78 Å². The van der Waals surface area contributed by atoms with Crippen molar-refractivity contribution in [3.05, 3.63) is 18.0 Å². The number of ether oxygens (including phenoxy) is 1. The fourth-order valence-electron chi connectivity index (χ4n) is 1.87. The molecule has 0 spiro atoms.